The average molecular weight is 367 g/mol. The number of carbonyl (C=O) groups is 2. The fraction of sp³-hybridized carbons (Fsp3) is 0.333. The van der Waals surface area contributed by atoms with Gasteiger partial charge in [-0.3, -0.25) is 4.79 Å². The largest absolute Gasteiger partial charge is 0.462 e. The molecule has 0 N–H and O–H groups in total. The number of Topliss-reactive ketones (excluding diaryl/α,β-unsaturated/α-hetero) is 1. The lowest BCUT2D eigenvalue weighted by molar-refractivity contribution is -0.116. The van der Waals surface area contributed by atoms with E-state index < -0.39 is 5.97 Å². The number of halogens is 2. The third kappa shape index (κ3) is 3.96. The number of ketones is 1. The summed E-state index contributed by atoms with van der Waals surface area (Å²) in [4.78, 5) is 23.1. The first-order chi connectivity index (χ1) is 8.10. The molecule has 0 saturated carbocycles. The molecular weight excluding hydrogens is 354 g/mol. The molecule has 0 fully saturated rings. The summed E-state index contributed by atoms with van der Waals surface area (Å²) in [5, 5.41) is 0. The molecule has 1 aromatic rings. The lowest BCUT2D eigenvalue weighted by Gasteiger charge is -2.09. The summed E-state index contributed by atoms with van der Waals surface area (Å²) in [5.41, 5.74) is 1.13. The molecule has 92 valence electrons. The number of esters is 1. The van der Waals surface area contributed by atoms with Gasteiger partial charge >= 0.3 is 5.97 Å². The van der Waals surface area contributed by atoms with Crippen molar-refractivity contribution in [2.45, 2.75) is 13.3 Å². The number of carbonyl (C=O) groups excluding carboxylic acids is 2. The Morgan fingerprint density at radius 3 is 2.71 bits per heavy atom. The Hall–Kier alpha value is -0.620. The Morgan fingerprint density at radius 2 is 2.12 bits per heavy atom. The third-order valence-electron chi connectivity index (χ3n) is 2.14. The molecule has 17 heavy (non-hydrogen) atoms. The van der Waals surface area contributed by atoms with Gasteiger partial charge in [0.05, 0.1) is 18.1 Å². The minimum Gasteiger partial charge on any atom is -0.462 e. The fourth-order valence-corrected chi connectivity index (χ4v) is 2.17. The first-order valence-corrected chi connectivity index (χ1v) is 6.73. The highest BCUT2D eigenvalue weighted by Crippen LogP contribution is 2.19. The minimum atomic E-state index is -0.400. The fourth-order valence-electron chi connectivity index (χ4n) is 1.38. The van der Waals surface area contributed by atoms with E-state index in [9.17, 15) is 9.59 Å². The summed E-state index contributed by atoms with van der Waals surface area (Å²) < 4.78 is 5.82. The summed E-state index contributed by atoms with van der Waals surface area (Å²) in [6, 6.07) is 5.28. The number of ether oxygens (including phenoxy) is 1. The SMILES string of the molecule is CCOC(=O)c1cccc(I)c1CC(=O)CCl. The first kappa shape index (κ1) is 14.4. The number of hydrogen-bond donors (Lipinski definition) is 0. The maximum absolute atomic E-state index is 11.7. The Bertz CT molecular complexity index is 432. The molecule has 0 aliphatic heterocycles. The summed E-state index contributed by atoms with van der Waals surface area (Å²) in [5.74, 6) is -0.558. The summed E-state index contributed by atoms with van der Waals surface area (Å²) >= 11 is 7.57. The molecule has 0 heterocycles. The molecule has 0 spiro atoms. The van der Waals surface area contributed by atoms with Gasteiger partial charge in [0.25, 0.3) is 0 Å². The summed E-state index contributed by atoms with van der Waals surface area (Å²) in [7, 11) is 0. The van der Waals surface area contributed by atoms with Crippen LogP contribution in [0.15, 0.2) is 18.2 Å². The zero-order valence-corrected chi connectivity index (χ0v) is 12.2. The standard InChI is InChI=1S/C12H12ClIO3/c1-2-17-12(16)9-4-3-5-11(14)10(9)6-8(15)7-13/h3-5H,2,6-7H2,1H3. The van der Waals surface area contributed by atoms with Gasteiger partial charge in [-0.2, -0.15) is 0 Å². The zero-order chi connectivity index (χ0) is 12.8. The van der Waals surface area contributed by atoms with Crippen LogP contribution in [0.2, 0.25) is 0 Å². The van der Waals surface area contributed by atoms with Crippen LogP contribution in [0.1, 0.15) is 22.8 Å². The van der Waals surface area contributed by atoms with Crippen molar-refractivity contribution in [3.63, 3.8) is 0 Å². The monoisotopic (exact) mass is 366 g/mol. The molecule has 0 aliphatic rings. The molecule has 1 rings (SSSR count). The molecule has 0 aromatic heterocycles. The van der Waals surface area contributed by atoms with Crippen molar-refractivity contribution in [1.29, 1.82) is 0 Å². The Kier molecular flexibility index (Phi) is 5.91. The maximum atomic E-state index is 11.7. The Labute approximate surface area is 119 Å². The molecular formula is C12H12ClIO3. The maximum Gasteiger partial charge on any atom is 0.338 e. The van der Waals surface area contributed by atoms with Crippen LogP contribution >= 0.6 is 34.2 Å². The van der Waals surface area contributed by atoms with Gasteiger partial charge in [0, 0.05) is 9.99 Å². The number of benzene rings is 1. The molecule has 0 aliphatic carbocycles. The van der Waals surface area contributed by atoms with Crippen molar-refractivity contribution in [2.24, 2.45) is 0 Å². The zero-order valence-electron chi connectivity index (χ0n) is 9.33. The predicted octanol–water partition coefficient (Wildman–Crippen LogP) is 2.82. The molecule has 0 radical (unpaired) electrons. The Morgan fingerprint density at radius 1 is 1.41 bits per heavy atom. The van der Waals surface area contributed by atoms with Crippen molar-refractivity contribution >= 4 is 45.9 Å². The van der Waals surface area contributed by atoms with Crippen LogP contribution in [0.25, 0.3) is 0 Å². The van der Waals surface area contributed by atoms with Crippen molar-refractivity contribution in [3.8, 4) is 0 Å². The van der Waals surface area contributed by atoms with E-state index in [2.05, 4.69) is 22.6 Å². The van der Waals surface area contributed by atoms with Gasteiger partial charge in [-0.25, -0.2) is 4.79 Å². The van der Waals surface area contributed by atoms with Crippen LogP contribution in [-0.4, -0.2) is 24.2 Å². The van der Waals surface area contributed by atoms with E-state index >= 15 is 0 Å². The van der Waals surface area contributed by atoms with Crippen molar-refractivity contribution in [1.82, 2.24) is 0 Å². The van der Waals surface area contributed by atoms with E-state index in [0.717, 1.165) is 3.57 Å². The topological polar surface area (TPSA) is 43.4 Å². The number of rotatable bonds is 5. The lowest BCUT2D eigenvalue weighted by Crippen LogP contribution is -2.13. The van der Waals surface area contributed by atoms with Crippen LogP contribution in [0.4, 0.5) is 0 Å². The lowest BCUT2D eigenvalue weighted by atomic mass is 10.0. The van der Waals surface area contributed by atoms with Crippen LogP contribution in [0.5, 0.6) is 0 Å². The average Bonchev–Trinajstić information content (AvgIpc) is 2.31. The molecule has 1 aromatic carbocycles. The molecule has 0 atom stereocenters. The minimum absolute atomic E-state index is 0.0484. The summed E-state index contributed by atoms with van der Waals surface area (Å²) in [6.07, 6.45) is 0.163. The highest BCUT2D eigenvalue weighted by Gasteiger charge is 2.16. The molecule has 0 unspecified atom stereocenters. The van der Waals surface area contributed by atoms with E-state index in [1.165, 1.54) is 0 Å². The Balaban J connectivity index is 3.08. The predicted molar refractivity (Wildman–Crippen MR) is 74.5 cm³/mol. The number of alkyl halides is 1. The molecule has 0 saturated heterocycles. The van der Waals surface area contributed by atoms with E-state index in [-0.39, 0.29) is 18.1 Å². The second kappa shape index (κ2) is 6.96. The summed E-state index contributed by atoms with van der Waals surface area (Å²) in [6.45, 7) is 2.06. The van der Waals surface area contributed by atoms with Crippen LogP contribution < -0.4 is 0 Å². The van der Waals surface area contributed by atoms with Gasteiger partial charge in [-0.05, 0) is 47.2 Å². The molecule has 3 nitrogen and oxygen atoms in total. The van der Waals surface area contributed by atoms with Crippen LogP contribution in [0, 0.1) is 3.57 Å². The second-order valence-electron chi connectivity index (χ2n) is 3.34. The van der Waals surface area contributed by atoms with Gasteiger partial charge in [-0.15, -0.1) is 11.6 Å². The van der Waals surface area contributed by atoms with Gasteiger partial charge in [0.1, 0.15) is 0 Å². The van der Waals surface area contributed by atoms with E-state index in [1.807, 2.05) is 6.07 Å². The highest BCUT2D eigenvalue weighted by atomic mass is 127. The van der Waals surface area contributed by atoms with E-state index in [0.29, 0.717) is 17.7 Å². The molecule has 0 bridgehead atoms. The van der Waals surface area contributed by atoms with E-state index in [1.54, 1.807) is 19.1 Å². The first-order valence-electron chi connectivity index (χ1n) is 5.12. The van der Waals surface area contributed by atoms with Crippen molar-refractivity contribution < 1.29 is 14.3 Å². The molecule has 0 amide bonds. The van der Waals surface area contributed by atoms with Crippen molar-refractivity contribution in [2.75, 3.05) is 12.5 Å². The van der Waals surface area contributed by atoms with Crippen LogP contribution in [-0.2, 0) is 16.0 Å². The van der Waals surface area contributed by atoms with Gasteiger partial charge in [0.15, 0.2) is 5.78 Å². The number of hydrogen-bond acceptors (Lipinski definition) is 3. The smallest absolute Gasteiger partial charge is 0.338 e. The van der Waals surface area contributed by atoms with Gasteiger partial charge in [-0.1, -0.05) is 6.07 Å². The quantitative estimate of drug-likeness (QED) is 0.457. The van der Waals surface area contributed by atoms with Gasteiger partial charge in [0.2, 0.25) is 0 Å². The normalized spacial score (nSPS) is 10.1. The third-order valence-corrected chi connectivity index (χ3v) is 3.45. The van der Waals surface area contributed by atoms with Gasteiger partial charge < -0.3 is 4.74 Å². The van der Waals surface area contributed by atoms with Crippen molar-refractivity contribution in [3.05, 3.63) is 32.9 Å². The highest BCUT2D eigenvalue weighted by molar-refractivity contribution is 14.1. The van der Waals surface area contributed by atoms with Crippen LogP contribution in [0.3, 0.4) is 0 Å². The van der Waals surface area contributed by atoms with E-state index in [4.69, 9.17) is 16.3 Å². The second-order valence-corrected chi connectivity index (χ2v) is 4.76. The molecule has 5 heteroatoms.